The normalized spacial score (nSPS) is 17.9. The summed E-state index contributed by atoms with van der Waals surface area (Å²) in [6.07, 6.45) is 0. The molecule has 0 spiro atoms. The summed E-state index contributed by atoms with van der Waals surface area (Å²) in [6.45, 7) is 3.48. The lowest BCUT2D eigenvalue weighted by Gasteiger charge is -2.27. The second kappa shape index (κ2) is 8.56. The highest BCUT2D eigenvalue weighted by molar-refractivity contribution is 7.99. The smallest absolute Gasteiger partial charge is 0.387 e. The molecule has 0 aromatic heterocycles. The zero-order chi connectivity index (χ0) is 15.1. The van der Waals surface area contributed by atoms with E-state index in [0.29, 0.717) is 0 Å². The third kappa shape index (κ3) is 5.80. The maximum absolute atomic E-state index is 12.2. The van der Waals surface area contributed by atoms with E-state index in [1.54, 1.807) is 18.2 Å². The van der Waals surface area contributed by atoms with Crippen LogP contribution in [0.25, 0.3) is 0 Å². The Kier molecular flexibility index (Phi) is 6.73. The zero-order valence-electron chi connectivity index (χ0n) is 12.2. The fourth-order valence-electron chi connectivity index (χ4n) is 2.34. The van der Waals surface area contributed by atoms with Crippen molar-refractivity contribution in [2.45, 2.75) is 19.6 Å². The first kappa shape index (κ1) is 16.5. The molecule has 1 aromatic carbocycles. The molecule has 0 saturated carbocycles. The number of hydrogen-bond donors (Lipinski definition) is 1. The fourth-order valence-corrected chi connectivity index (χ4v) is 3.32. The van der Waals surface area contributed by atoms with Crippen molar-refractivity contribution >= 4 is 11.8 Å². The lowest BCUT2D eigenvalue weighted by atomic mass is 10.1. The maximum atomic E-state index is 12.2. The molecule has 2 rings (SSSR count). The summed E-state index contributed by atoms with van der Waals surface area (Å²) in [5.74, 6) is 2.63. The van der Waals surface area contributed by atoms with E-state index in [9.17, 15) is 8.78 Å². The van der Waals surface area contributed by atoms with Crippen LogP contribution in [0.3, 0.4) is 0 Å². The molecule has 1 aromatic rings. The molecule has 1 aliphatic rings. The number of benzene rings is 1. The highest BCUT2D eigenvalue weighted by Gasteiger charge is 2.11. The van der Waals surface area contributed by atoms with Gasteiger partial charge in [-0.25, -0.2) is 0 Å². The predicted molar refractivity (Wildman–Crippen MR) is 83.3 cm³/mol. The molecule has 3 nitrogen and oxygen atoms in total. The van der Waals surface area contributed by atoms with Gasteiger partial charge in [0, 0.05) is 43.7 Å². The first-order chi connectivity index (χ1) is 10.1. The molecule has 1 unspecified atom stereocenters. The first-order valence-corrected chi connectivity index (χ1v) is 8.39. The highest BCUT2D eigenvalue weighted by Crippen LogP contribution is 2.20. The van der Waals surface area contributed by atoms with Gasteiger partial charge in [-0.3, -0.25) is 0 Å². The molecule has 0 bridgehead atoms. The van der Waals surface area contributed by atoms with Crippen LogP contribution in [-0.2, 0) is 0 Å². The van der Waals surface area contributed by atoms with Crippen molar-refractivity contribution in [3.63, 3.8) is 0 Å². The molecular formula is C15H22F2N2OS. The van der Waals surface area contributed by atoms with Gasteiger partial charge in [0.05, 0.1) is 0 Å². The minimum atomic E-state index is -2.78. The van der Waals surface area contributed by atoms with E-state index in [0.717, 1.165) is 31.7 Å². The van der Waals surface area contributed by atoms with Crippen molar-refractivity contribution < 1.29 is 13.5 Å². The molecule has 6 heteroatoms. The SMILES string of the molecule is CC(NCCN1CCSCC1)c1cccc(OC(F)F)c1. The predicted octanol–water partition coefficient (Wildman–Crippen LogP) is 2.99. The quantitative estimate of drug-likeness (QED) is 0.836. The lowest BCUT2D eigenvalue weighted by Crippen LogP contribution is -2.38. The van der Waals surface area contributed by atoms with E-state index in [4.69, 9.17) is 0 Å². The average Bonchev–Trinajstić information content (AvgIpc) is 2.48. The number of hydrogen-bond acceptors (Lipinski definition) is 4. The molecule has 1 heterocycles. The molecule has 1 aliphatic heterocycles. The topological polar surface area (TPSA) is 24.5 Å². The number of halogens is 2. The fraction of sp³-hybridized carbons (Fsp3) is 0.600. The Morgan fingerprint density at radius 2 is 2.10 bits per heavy atom. The van der Waals surface area contributed by atoms with Crippen LogP contribution >= 0.6 is 11.8 Å². The van der Waals surface area contributed by atoms with Crippen LogP contribution in [0.5, 0.6) is 5.75 Å². The molecule has 1 atom stereocenters. The number of ether oxygens (including phenoxy) is 1. The standard InChI is InChI=1S/C15H22F2N2OS/c1-12(18-5-6-19-7-9-21-10-8-19)13-3-2-4-14(11-13)20-15(16)17/h2-4,11-12,15,18H,5-10H2,1H3. The van der Waals surface area contributed by atoms with Gasteiger partial charge >= 0.3 is 6.61 Å². The van der Waals surface area contributed by atoms with Gasteiger partial charge in [0.15, 0.2) is 0 Å². The number of nitrogens with zero attached hydrogens (tertiary/aromatic N) is 1. The molecule has 0 radical (unpaired) electrons. The second-order valence-electron chi connectivity index (χ2n) is 5.08. The summed E-state index contributed by atoms with van der Waals surface area (Å²) >= 11 is 2.00. The van der Waals surface area contributed by atoms with Gasteiger partial charge in [0.25, 0.3) is 0 Å². The van der Waals surface area contributed by atoms with Crippen molar-refractivity contribution in [2.24, 2.45) is 0 Å². The van der Waals surface area contributed by atoms with Gasteiger partial charge in [0.2, 0.25) is 0 Å². The lowest BCUT2D eigenvalue weighted by molar-refractivity contribution is -0.0499. The Hall–Kier alpha value is -0.850. The molecule has 1 N–H and O–H groups in total. The van der Waals surface area contributed by atoms with Crippen molar-refractivity contribution in [3.05, 3.63) is 29.8 Å². The molecule has 1 saturated heterocycles. The van der Waals surface area contributed by atoms with Crippen molar-refractivity contribution in [1.29, 1.82) is 0 Å². The van der Waals surface area contributed by atoms with Gasteiger partial charge in [-0.15, -0.1) is 0 Å². The van der Waals surface area contributed by atoms with Gasteiger partial charge in [-0.1, -0.05) is 12.1 Å². The number of nitrogens with one attached hydrogen (secondary N) is 1. The summed E-state index contributed by atoms with van der Waals surface area (Å²) in [5, 5.41) is 3.44. The van der Waals surface area contributed by atoms with Crippen LogP contribution in [-0.4, -0.2) is 49.2 Å². The highest BCUT2D eigenvalue weighted by atomic mass is 32.2. The summed E-state index contributed by atoms with van der Waals surface area (Å²) in [4.78, 5) is 2.45. The zero-order valence-corrected chi connectivity index (χ0v) is 13.0. The van der Waals surface area contributed by atoms with Crippen molar-refractivity contribution in [1.82, 2.24) is 10.2 Å². The van der Waals surface area contributed by atoms with E-state index >= 15 is 0 Å². The van der Waals surface area contributed by atoms with Crippen LogP contribution in [0.4, 0.5) is 8.78 Å². The summed E-state index contributed by atoms with van der Waals surface area (Å²) in [5.41, 5.74) is 0.961. The maximum Gasteiger partial charge on any atom is 0.387 e. The molecule has 0 amide bonds. The Labute approximate surface area is 129 Å². The van der Waals surface area contributed by atoms with E-state index in [1.165, 1.54) is 11.5 Å². The van der Waals surface area contributed by atoms with Gasteiger partial charge < -0.3 is 15.0 Å². The monoisotopic (exact) mass is 316 g/mol. The Morgan fingerprint density at radius 1 is 1.33 bits per heavy atom. The minimum absolute atomic E-state index is 0.116. The van der Waals surface area contributed by atoms with Crippen LogP contribution in [0.1, 0.15) is 18.5 Å². The number of thioether (sulfide) groups is 1. The first-order valence-electron chi connectivity index (χ1n) is 7.23. The summed E-state index contributed by atoms with van der Waals surface area (Å²) < 4.78 is 28.9. The molecule has 1 fully saturated rings. The summed E-state index contributed by atoms with van der Waals surface area (Å²) in [7, 11) is 0. The van der Waals surface area contributed by atoms with Gasteiger partial charge in [-0.2, -0.15) is 20.5 Å². The van der Waals surface area contributed by atoms with Gasteiger partial charge in [0.1, 0.15) is 5.75 Å². The number of rotatable bonds is 7. The second-order valence-corrected chi connectivity index (χ2v) is 6.31. The minimum Gasteiger partial charge on any atom is -0.435 e. The number of alkyl halides is 2. The van der Waals surface area contributed by atoms with E-state index in [1.807, 2.05) is 24.8 Å². The largest absolute Gasteiger partial charge is 0.435 e. The Bertz CT molecular complexity index is 428. The van der Waals surface area contributed by atoms with E-state index in [-0.39, 0.29) is 11.8 Å². The van der Waals surface area contributed by atoms with E-state index in [2.05, 4.69) is 15.0 Å². The third-order valence-electron chi connectivity index (χ3n) is 3.57. The van der Waals surface area contributed by atoms with Crippen LogP contribution in [0.2, 0.25) is 0 Å². The van der Waals surface area contributed by atoms with Gasteiger partial charge in [-0.05, 0) is 24.6 Å². The molecule has 118 valence electrons. The third-order valence-corrected chi connectivity index (χ3v) is 4.51. The van der Waals surface area contributed by atoms with Crippen LogP contribution in [0.15, 0.2) is 24.3 Å². The van der Waals surface area contributed by atoms with Crippen molar-refractivity contribution in [2.75, 3.05) is 37.7 Å². The molecule has 21 heavy (non-hydrogen) atoms. The molecular weight excluding hydrogens is 294 g/mol. The average molecular weight is 316 g/mol. The Morgan fingerprint density at radius 3 is 2.81 bits per heavy atom. The van der Waals surface area contributed by atoms with Crippen molar-refractivity contribution in [3.8, 4) is 5.75 Å². The Balaban J connectivity index is 1.78. The van der Waals surface area contributed by atoms with Crippen LogP contribution < -0.4 is 10.1 Å². The van der Waals surface area contributed by atoms with E-state index < -0.39 is 6.61 Å². The molecule has 0 aliphatic carbocycles. The van der Waals surface area contributed by atoms with Crippen LogP contribution in [0, 0.1) is 0 Å². The summed E-state index contributed by atoms with van der Waals surface area (Å²) in [6, 6.07) is 7.00.